The summed E-state index contributed by atoms with van der Waals surface area (Å²) >= 11 is 0. The summed E-state index contributed by atoms with van der Waals surface area (Å²) in [4.78, 5) is 15.5. The number of rotatable bonds is 7. The first-order valence-electron chi connectivity index (χ1n) is 5.81. The van der Waals surface area contributed by atoms with Gasteiger partial charge in [-0.1, -0.05) is 6.92 Å². The first-order valence-corrected chi connectivity index (χ1v) is 5.81. The largest absolute Gasteiger partial charge is 0.384 e. The molecule has 0 radical (unpaired) electrons. The van der Waals surface area contributed by atoms with Crippen LogP contribution in [-0.4, -0.2) is 30.6 Å². The van der Waals surface area contributed by atoms with Crippen LogP contribution in [0.1, 0.15) is 30.1 Å². The summed E-state index contributed by atoms with van der Waals surface area (Å²) in [6.45, 7) is 4.12. The number of pyridine rings is 1. The fourth-order valence-electron chi connectivity index (χ4n) is 1.26. The molecule has 0 aliphatic rings. The lowest BCUT2D eigenvalue weighted by Crippen LogP contribution is -2.25. The molecule has 0 aliphatic carbocycles. The van der Waals surface area contributed by atoms with Crippen molar-refractivity contribution in [2.24, 2.45) is 0 Å². The molecular weight excluding hydrogens is 218 g/mol. The predicted molar refractivity (Wildman–Crippen MR) is 66.7 cm³/mol. The average molecular weight is 237 g/mol. The van der Waals surface area contributed by atoms with Crippen LogP contribution in [0.4, 0.5) is 5.82 Å². The summed E-state index contributed by atoms with van der Waals surface area (Å²) < 4.78 is 5.31. The van der Waals surface area contributed by atoms with E-state index in [1.54, 1.807) is 12.1 Å². The first-order chi connectivity index (χ1) is 8.24. The van der Waals surface area contributed by atoms with E-state index in [0.29, 0.717) is 24.5 Å². The van der Waals surface area contributed by atoms with Gasteiger partial charge in [-0.3, -0.25) is 4.79 Å². The molecule has 0 saturated heterocycles. The molecule has 1 rings (SSSR count). The number of aromatic nitrogens is 1. The van der Waals surface area contributed by atoms with E-state index in [1.807, 2.05) is 0 Å². The van der Waals surface area contributed by atoms with Crippen molar-refractivity contribution in [2.75, 3.05) is 25.5 Å². The molecule has 3 N–H and O–H groups in total. The van der Waals surface area contributed by atoms with Gasteiger partial charge in [0.25, 0.3) is 5.91 Å². The number of nitrogen functional groups attached to an aromatic ring is 1. The lowest BCUT2D eigenvalue weighted by Gasteiger charge is -2.05. The number of anilines is 1. The van der Waals surface area contributed by atoms with Crippen molar-refractivity contribution >= 4 is 11.7 Å². The topological polar surface area (TPSA) is 77.2 Å². The predicted octanol–water partition coefficient (Wildman–Crippen LogP) is 1.21. The summed E-state index contributed by atoms with van der Waals surface area (Å²) in [5.41, 5.74) is 5.96. The van der Waals surface area contributed by atoms with E-state index >= 15 is 0 Å². The lowest BCUT2D eigenvalue weighted by molar-refractivity contribution is 0.0941. The zero-order valence-electron chi connectivity index (χ0n) is 10.1. The average Bonchev–Trinajstić information content (AvgIpc) is 2.34. The van der Waals surface area contributed by atoms with E-state index in [0.717, 1.165) is 19.4 Å². The van der Waals surface area contributed by atoms with Crippen molar-refractivity contribution < 1.29 is 9.53 Å². The van der Waals surface area contributed by atoms with Gasteiger partial charge >= 0.3 is 0 Å². The number of hydrogen-bond donors (Lipinski definition) is 2. The number of nitrogens with two attached hydrogens (primary N) is 1. The van der Waals surface area contributed by atoms with E-state index in [-0.39, 0.29) is 5.91 Å². The molecule has 0 fully saturated rings. The van der Waals surface area contributed by atoms with Gasteiger partial charge in [0.2, 0.25) is 0 Å². The molecule has 0 aromatic carbocycles. The Morgan fingerprint density at radius 3 is 2.94 bits per heavy atom. The SMILES string of the molecule is CCCOCCCNC(=O)c1ccc(N)nc1. The highest BCUT2D eigenvalue weighted by molar-refractivity contribution is 5.93. The van der Waals surface area contributed by atoms with E-state index in [9.17, 15) is 4.79 Å². The van der Waals surface area contributed by atoms with Crippen LogP contribution in [0.5, 0.6) is 0 Å². The highest BCUT2D eigenvalue weighted by atomic mass is 16.5. The van der Waals surface area contributed by atoms with Crippen LogP contribution in [-0.2, 0) is 4.74 Å². The minimum Gasteiger partial charge on any atom is -0.384 e. The standard InChI is InChI=1S/C12H19N3O2/c1-2-7-17-8-3-6-14-12(16)10-4-5-11(13)15-9-10/h4-5,9H,2-3,6-8H2,1H3,(H2,13,15)(H,14,16). The summed E-state index contributed by atoms with van der Waals surface area (Å²) in [7, 11) is 0. The second-order valence-corrected chi connectivity index (χ2v) is 3.69. The molecular formula is C12H19N3O2. The highest BCUT2D eigenvalue weighted by Crippen LogP contribution is 2.00. The number of carbonyl (C=O) groups excluding carboxylic acids is 1. The third-order valence-electron chi connectivity index (χ3n) is 2.15. The molecule has 5 nitrogen and oxygen atoms in total. The number of nitrogens with zero attached hydrogens (tertiary/aromatic N) is 1. The Bertz CT molecular complexity index is 338. The van der Waals surface area contributed by atoms with Crippen molar-refractivity contribution in [1.29, 1.82) is 0 Å². The van der Waals surface area contributed by atoms with Crippen LogP contribution in [0.25, 0.3) is 0 Å². The van der Waals surface area contributed by atoms with Gasteiger partial charge in [-0.25, -0.2) is 4.98 Å². The molecule has 0 saturated carbocycles. The van der Waals surface area contributed by atoms with Crippen LogP contribution in [0.2, 0.25) is 0 Å². The molecule has 1 heterocycles. The summed E-state index contributed by atoms with van der Waals surface area (Å²) in [6, 6.07) is 3.27. The fraction of sp³-hybridized carbons (Fsp3) is 0.500. The Kier molecular flexibility index (Phi) is 6.03. The zero-order chi connectivity index (χ0) is 12.5. The smallest absolute Gasteiger partial charge is 0.252 e. The molecule has 5 heteroatoms. The Hall–Kier alpha value is -1.62. The van der Waals surface area contributed by atoms with E-state index in [4.69, 9.17) is 10.5 Å². The Morgan fingerprint density at radius 1 is 1.47 bits per heavy atom. The molecule has 1 amide bonds. The van der Waals surface area contributed by atoms with Crippen molar-refractivity contribution in [1.82, 2.24) is 10.3 Å². The minimum atomic E-state index is -0.131. The fourth-order valence-corrected chi connectivity index (χ4v) is 1.26. The van der Waals surface area contributed by atoms with E-state index < -0.39 is 0 Å². The molecule has 17 heavy (non-hydrogen) atoms. The third kappa shape index (κ3) is 5.31. The van der Waals surface area contributed by atoms with Crippen molar-refractivity contribution in [3.05, 3.63) is 23.9 Å². The molecule has 0 unspecified atom stereocenters. The van der Waals surface area contributed by atoms with Gasteiger partial charge in [-0.05, 0) is 25.0 Å². The molecule has 0 atom stereocenters. The Morgan fingerprint density at radius 2 is 2.29 bits per heavy atom. The lowest BCUT2D eigenvalue weighted by atomic mass is 10.2. The second kappa shape index (κ2) is 7.62. The normalized spacial score (nSPS) is 10.2. The minimum absolute atomic E-state index is 0.131. The Labute approximate surface area is 101 Å². The molecule has 94 valence electrons. The van der Waals surface area contributed by atoms with Crippen LogP contribution in [0, 0.1) is 0 Å². The van der Waals surface area contributed by atoms with Crippen molar-refractivity contribution in [3.63, 3.8) is 0 Å². The van der Waals surface area contributed by atoms with Gasteiger partial charge in [-0.15, -0.1) is 0 Å². The van der Waals surface area contributed by atoms with E-state index in [2.05, 4.69) is 17.2 Å². The number of carbonyl (C=O) groups is 1. The second-order valence-electron chi connectivity index (χ2n) is 3.69. The summed E-state index contributed by atoms with van der Waals surface area (Å²) in [5, 5.41) is 2.80. The highest BCUT2D eigenvalue weighted by Gasteiger charge is 2.04. The quantitative estimate of drug-likeness (QED) is 0.699. The van der Waals surface area contributed by atoms with Crippen LogP contribution in [0.15, 0.2) is 18.3 Å². The van der Waals surface area contributed by atoms with Gasteiger partial charge in [0.15, 0.2) is 0 Å². The van der Waals surface area contributed by atoms with Gasteiger partial charge in [0, 0.05) is 26.0 Å². The molecule has 0 aliphatic heterocycles. The first kappa shape index (κ1) is 13.4. The summed E-state index contributed by atoms with van der Waals surface area (Å²) in [5.74, 6) is 0.280. The van der Waals surface area contributed by atoms with Gasteiger partial charge in [0.1, 0.15) is 5.82 Å². The Balaban J connectivity index is 2.19. The number of amides is 1. The number of ether oxygens (including phenoxy) is 1. The van der Waals surface area contributed by atoms with Crippen LogP contribution < -0.4 is 11.1 Å². The zero-order valence-corrected chi connectivity index (χ0v) is 10.1. The molecule has 1 aromatic rings. The van der Waals surface area contributed by atoms with E-state index in [1.165, 1.54) is 6.20 Å². The van der Waals surface area contributed by atoms with Crippen LogP contribution in [0.3, 0.4) is 0 Å². The maximum atomic E-state index is 11.6. The van der Waals surface area contributed by atoms with Crippen molar-refractivity contribution in [3.8, 4) is 0 Å². The maximum absolute atomic E-state index is 11.6. The van der Waals surface area contributed by atoms with Crippen LogP contribution >= 0.6 is 0 Å². The van der Waals surface area contributed by atoms with Gasteiger partial charge in [0.05, 0.1) is 5.56 Å². The number of hydrogen-bond acceptors (Lipinski definition) is 4. The maximum Gasteiger partial charge on any atom is 0.252 e. The van der Waals surface area contributed by atoms with Gasteiger partial charge in [-0.2, -0.15) is 0 Å². The third-order valence-corrected chi connectivity index (χ3v) is 2.15. The monoisotopic (exact) mass is 237 g/mol. The number of nitrogens with one attached hydrogen (secondary N) is 1. The molecule has 0 spiro atoms. The summed E-state index contributed by atoms with van der Waals surface area (Å²) in [6.07, 6.45) is 3.30. The van der Waals surface area contributed by atoms with Gasteiger partial charge < -0.3 is 15.8 Å². The molecule has 1 aromatic heterocycles. The van der Waals surface area contributed by atoms with Crippen molar-refractivity contribution in [2.45, 2.75) is 19.8 Å². The molecule has 0 bridgehead atoms.